The van der Waals surface area contributed by atoms with Crippen molar-refractivity contribution in [2.24, 2.45) is 0 Å². The van der Waals surface area contributed by atoms with Gasteiger partial charge < -0.3 is 8.60 Å². The van der Waals surface area contributed by atoms with E-state index in [-0.39, 0.29) is 23.9 Å². The number of rotatable bonds is 4. The number of benzene rings is 1. The number of hydrogen-bond donors (Lipinski definition) is 0. The second kappa shape index (κ2) is 5.65. The van der Waals surface area contributed by atoms with Crippen molar-refractivity contribution in [1.82, 2.24) is 0 Å². The van der Waals surface area contributed by atoms with Crippen LogP contribution < -0.4 is 4.18 Å². The van der Waals surface area contributed by atoms with Gasteiger partial charge in [0.25, 0.3) is 0 Å². The molecule has 11 heteroatoms. The highest BCUT2D eigenvalue weighted by Gasteiger charge is 2.49. The molecule has 5 nitrogen and oxygen atoms in total. The largest absolute Gasteiger partial charge is 0.534 e. The molecule has 0 bridgehead atoms. The van der Waals surface area contributed by atoms with Crippen LogP contribution in [-0.2, 0) is 10.1 Å². The first-order valence-electron chi connectivity index (χ1n) is 5.60. The van der Waals surface area contributed by atoms with Crippen molar-refractivity contribution >= 4 is 16.4 Å². The van der Waals surface area contributed by atoms with Gasteiger partial charge in [0.15, 0.2) is 23.6 Å². The Bertz CT molecular complexity index is 853. The highest BCUT2D eigenvalue weighted by molar-refractivity contribution is 7.88. The van der Waals surface area contributed by atoms with Crippen molar-refractivity contribution in [3.05, 3.63) is 41.7 Å². The molecule has 0 aliphatic heterocycles. The molecule has 23 heavy (non-hydrogen) atoms. The molecule has 0 amide bonds. The van der Waals surface area contributed by atoms with Crippen molar-refractivity contribution in [2.45, 2.75) is 5.51 Å². The van der Waals surface area contributed by atoms with E-state index in [9.17, 15) is 35.2 Å². The molecular weight excluding hydrogens is 351 g/mol. The van der Waals surface area contributed by atoms with Crippen molar-refractivity contribution in [3.63, 3.8) is 0 Å². The minimum Gasteiger partial charge on any atom is -0.453 e. The lowest BCUT2D eigenvalue weighted by molar-refractivity contribution is -0.0500. The summed E-state index contributed by atoms with van der Waals surface area (Å²) in [6.45, 7) is 0. The van der Waals surface area contributed by atoms with Crippen LogP contribution in [0.3, 0.4) is 0 Å². The van der Waals surface area contributed by atoms with Crippen LogP contribution in [0.2, 0.25) is 0 Å². The zero-order chi connectivity index (χ0) is 17.4. The minimum atomic E-state index is -6.13. The molecular formula is C12H5F5O5S. The van der Waals surface area contributed by atoms with Crippen LogP contribution in [-0.4, -0.2) is 20.2 Å². The van der Waals surface area contributed by atoms with Gasteiger partial charge in [-0.1, -0.05) is 0 Å². The lowest BCUT2D eigenvalue weighted by Gasteiger charge is -2.11. The average molecular weight is 356 g/mol. The summed E-state index contributed by atoms with van der Waals surface area (Å²) in [6.07, 6.45) is 0.274. The SMILES string of the molecule is O=Cc1ccc(-c2cc(OS(=O)(=O)C(F)(F)F)c(F)cc2F)o1. The molecule has 1 aromatic heterocycles. The molecule has 0 saturated heterocycles. The highest BCUT2D eigenvalue weighted by Crippen LogP contribution is 2.33. The third kappa shape index (κ3) is 3.33. The maximum Gasteiger partial charge on any atom is 0.534 e. The number of alkyl halides is 3. The fraction of sp³-hybridized carbons (Fsp3) is 0.0833. The Hall–Kier alpha value is -2.43. The monoisotopic (exact) mass is 356 g/mol. The number of halogens is 5. The quantitative estimate of drug-likeness (QED) is 0.364. The van der Waals surface area contributed by atoms with Crippen LogP contribution in [0.15, 0.2) is 28.7 Å². The molecule has 0 spiro atoms. The molecule has 0 aliphatic carbocycles. The van der Waals surface area contributed by atoms with Gasteiger partial charge in [0, 0.05) is 6.07 Å². The molecule has 0 N–H and O–H groups in total. The third-order valence-electron chi connectivity index (χ3n) is 2.51. The standard InChI is InChI=1S/C12H5F5O5S/c13-8-4-9(14)11(22-23(19,20)12(15,16)17)3-7(8)10-2-1-6(5-18)21-10/h1-5H. The summed E-state index contributed by atoms with van der Waals surface area (Å²) in [5, 5.41) is 0. The topological polar surface area (TPSA) is 73.6 Å². The van der Waals surface area contributed by atoms with Crippen molar-refractivity contribution in [3.8, 4) is 17.1 Å². The van der Waals surface area contributed by atoms with E-state index in [2.05, 4.69) is 4.18 Å². The maximum absolute atomic E-state index is 13.7. The smallest absolute Gasteiger partial charge is 0.453 e. The van der Waals surface area contributed by atoms with Gasteiger partial charge in [-0.3, -0.25) is 4.79 Å². The first-order chi connectivity index (χ1) is 10.5. The van der Waals surface area contributed by atoms with Gasteiger partial charge in [-0.25, -0.2) is 8.78 Å². The van der Waals surface area contributed by atoms with E-state index in [1.807, 2.05) is 0 Å². The van der Waals surface area contributed by atoms with Crippen LogP contribution in [0.4, 0.5) is 22.0 Å². The summed E-state index contributed by atoms with van der Waals surface area (Å²) < 4.78 is 94.1. The van der Waals surface area contributed by atoms with Crippen molar-refractivity contribution in [2.75, 3.05) is 0 Å². The van der Waals surface area contributed by atoms with Crippen molar-refractivity contribution < 1.29 is 43.8 Å². The van der Waals surface area contributed by atoms with Gasteiger partial charge in [-0.05, 0) is 18.2 Å². The summed E-state index contributed by atoms with van der Waals surface area (Å²) in [6, 6.07) is 2.71. The zero-order valence-corrected chi connectivity index (χ0v) is 11.5. The van der Waals surface area contributed by atoms with Crippen LogP contribution in [0.5, 0.6) is 5.75 Å². The maximum atomic E-state index is 13.7. The van der Waals surface area contributed by atoms with E-state index in [1.54, 1.807) is 0 Å². The fourth-order valence-electron chi connectivity index (χ4n) is 1.51. The fourth-order valence-corrected chi connectivity index (χ4v) is 1.97. The second-order valence-corrected chi connectivity index (χ2v) is 5.60. The predicted molar refractivity (Wildman–Crippen MR) is 65.1 cm³/mol. The summed E-state index contributed by atoms with van der Waals surface area (Å²) >= 11 is 0. The van der Waals surface area contributed by atoms with E-state index >= 15 is 0 Å². The molecule has 2 rings (SSSR count). The number of carbonyl (C=O) groups is 1. The Labute approximate surface area is 125 Å². The molecule has 1 aromatic carbocycles. The van der Waals surface area contributed by atoms with Gasteiger partial charge in [-0.2, -0.15) is 21.6 Å². The Morgan fingerprint density at radius 1 is 1.09 bits per heavy atom. The molecule has 1 heterocycles. The van der Waals surface area contributed by atoms with Crippen LogP contribution in [0.1, 0.15) is 10.6 Å². The first-order valence-corrected chi connectivity index (χ1v) is 7.01. The van der Waals surface area contributed by atoms with E-state index < -0.39 is 38.6 Å². The van der Waals surface area contributed by atoms with E-state index in [1.165, 1.54) is 0 Å². The lowest BCUT2D eigenvalue weighted by Crippen LogP contribution is -2.28. The average Bonchev–Trinajstić information content (AvgIpc) is 2.89. The van der Waals surface area contributed by atoms with Crippen LogP contribution >= 0.6 is 0 Å². The molecule has 0 fully saturated rings. The molecule has 0 unspecified atom stereocenters. The van der Waals surface area contributed by atoms with Crippen LogP contribution in [0, 0.1) is 11.6 Å². The Morgan fingerprint density at radius 2 is 1.74 bits per heavy atom. The summed E-state index contributed by atoms with van der Waals surface area (Å²) in [4.78, 5) is 10.5. The summed E-state index contributed by atoms with van der Waals surface area (Å²) in [7, 11) is -6.13. The van der Waals surface area contributed by atoms with Gasteiger partial charge in [0.2, 0.25) is 0 Å². The second-order valence-electron chi connectivity index (χ2n) is 4.07. The molecule has 0 radical (unpaired) electrons. The van der Waals surface area contributed by atoms with E-state index in [0.29, 0.717) is 6.07 Å². The summed E-state index contributed by atoms with van der Waals surface area (Å²) in [5.41, 5.74) is -6.38. The predicted octanol–water partition coefficient (Wildman–Crippen LogP) is 3.27. The van der Waals surface area contributed by atoms with E-state index in [4.69, 9.17) is 4.42 Å². The number of aldehydes is 1. The van der Waals surface area contributed by atoms with Gasteiger partial charge in [0.1, 0.15) is 11.6 Å². The zero-order valence-electron chi connectivity index (χ0n) is 10.7. The molecule has 124 valence electrons. The number of carbonyl (C=O) groups excluding carboxylic acids is 1. The first kappa shape index (κ1) is 16.9. The van der Waals surface area contributed by atoms with Crippen molar-refractivity contribution in [1.29, 1.82) is 0 Å². The van der Waals surface area contributed by atoms with Gasteiger partial charge in [-0.15, -0.1) is 0 Å². The lowest BCUT2D eigenvalue weighted by atomic mass is 10.1. The summed E-state index contributed by atoms with van der Waals surface area (Å²) in [5.74, 6) is -4.86. The minimum absolute atomic E-state index is 0.125. The van der Waals surface area contributed by atoms with Gasteiger partial charge >= 0.3 is 15.6 Å². The molecule has 0 atom stereocenters. The molecule has 2 aromatic rings. The molecule has 0 aliphatic rings. The number of hydrogen-bond acceptors (Lipinski definition) is 5. The normalized spacial score (nSPS) is 12.2. The highest BCUT2D eigenvalue weighted by atomic mass is 32.2. The third-order valence-corrected chi connectivity index (χ3v) is 3.48. The Kier molecular flexibility index (Phi) is 4.16. The number of furan rings is 1. The van der Waals surface area contributed by atoms with Crippen LogP contribution in [0.25, 0.3) is 11.3 Å². The van der Waals surface area contributed by atoms with Gasteiger partial charge in [0.05, 0.1) is 5.56 Å². The Morgan fingerprint density at radius 3 is 2.26 bits per heavy atom. The molecule has 0 saturated carbocycles. The Balaban J connectivity index is 2.51. The van der Waals surface area contributed by atoms with E-state index in [0.717, 1.165) is 12.1 Å².